The second-order valence-electron chi connectivity index (χ2n) is 4.17. The van der Waals surface area contributed by atoms with Gasteiger partial charge in [-0.2, -0.15) is 0 Å². The molecule has 0 N–H and O–H groups in total. The van der Waals surface area contributed by atoms with Crippen molar-refractivity contribution in [2.75, 3.05) is 6.61 Å². The largest absolute Gasteiger partial charge is 0.465 e. The highest BCUT2D eigenvalue weighted by Gasteiger charge is 2.34. The van der Waals surface area contributed by atoms with E-state index >= 15 is 0 Å². The maximum atomic E-state index is 11.9. The van der Waals surface area contributed by atoms with E-state index < -0.39 is 0 Å². The van der Waals surface area contributed by atoms with E-state index in [1.165, 1.54) is 0 Å². The van der Waals surface area contributed by atoms with Gasteiger partial charge in [0.1, 0.15) is 0 Å². The van der Waals surface area contributed by atoms with Crippen LogP contribution in [-0.4, -0.2) is 18.4 Å². The van der Waals surface area contributed by atoms with E-state index in [0.29, 0.717) is 18.6 Å². The van der Waals surface area contributed by atoms with Crippen LogP contribution in [0.2, 0.25) is 0 Å². The van der Waals surface area contributed by atoms with Gasteiger partial charge in [0, 0.05) is 17.9 Å². The molecule has 0 radical (unpaired) electrons. The van der Waals surface area contributed by atoms with Gasteiger partial charge in [-0.25, -0.2) is 0 Å². The molecule has 84 valence electrons. The Morgan fingerprint density at radius 1 is 1.38 bits per heavy atom. The van der Waals surface area contributed by atoms with Crippen molar-refractivity contribution in [1.82, 2.24) is 0 Å². The van der Waals surface area contributed by atoms with Crippen LogP contribution in [-0.2, 0) is 9.53 Å². The first kappa shape index (κ1) is 10.9. The summed E-state index contributed by atoms with van der Waals surface area (Å²) in [4.78, 5) is 23.1. The number of benzene rings is 1. The minimum Gasteiger partial charge on any atom is -0.465 e. The summed E-state index contributed by atoms with van der Waals surface area (Å²) in [6.45, 7) is 2.19. The van der Waals surface area contributed by atoms with Gasteiger partial charge < -0.3 is 4.74 Å². The van der Waals surface area contributed by atoms with Crippen molar-refractivity contribution < 1.29 is 14.3 Å². The molecule has 1 fully saturated rings. The highest BCUT2D eigenvalue weighted by Crippen LogP contribution is 2.25. The minimum atomic E-state index is -0.189. The molecule has 0 amide bonds. The maximum Gasteiger partial charge on any atom is 0.309 e. The van der Waals surface area contributed by atoms with Crippen molar-refractivity contribution in [3.63, 3.8) is 0 Å². The maximum absolute atomic E-state index is 11.9. The Bertz CT molecular complexity index is 397. The summed E-state index contributed by atoms with van der Waals surface area (Å²) >= 11 is 0. The van der Waals surface area contributed by atoms with Gasteiger partial charge in [0.05, 0.1) is 12.5 Å². The van der Waals surface area contributed by atoms with Crippen molar-refractivity contribution in [3.8, 4) is 0 Å². The molecular formula is C13H14O3. The number of carbonyl (C=O) groups is 2. The predicted octanol–water partition coefficient (Wildman–Crippen LogP) is 2.07. The van der Waals surface area contributed by atoms with Crippen LogP contribution in [0.4, 0.5) is 0 Å². The van der Waals surface area contributed by atoms with Crippen molar-refractivity contribution >= 4 is 11.8 Å². The first-order valence-electron chi connectivity index (χ1n) is 5.43. The summed E-state index contributed by atoms with van der Waals surface area (Å²) in [6.07, 6.45) is 0.386. The fourth-order valence-electron chi connectivity index (χ4n) is 1.87. The number of ketones is 1. The van der Waals surface area contributed by atoms with Crippen molar-refractivity contribution in [2.24, 2.45) is 11.8 Å². The van der Waals surface area contributed by atoms with E-state index in [2.05, 4.69) is 0 Å². The summed E-state index contributed by atoms with van der Waals surface area (Å²) in [5.41, 5.74) is 0.703. The Balaban J connectivity index is 2.01. The van der Waals surface area contributed by atoms with Crippen LogP contribution < -0.4 is 0 Å². The SMILES string of the molecule is C[C@H]1C(=O)OC[C@H]1CC(=O)c1ccccc1. The molecule has 2 rings (SSSR count). The third-order valence-corrected chi connectivity index (χ3v) is 3.06. The smallest absolute Gasteiger partial charge is 0.309 e. The van der Waals surface area contributed by atoms with Gasteiger partial charge in [0.2, 0.25) is 0 Å². The van der Waals surface area contributed by atoms with Gasteiger partial charge in [-0.3, -0.25) is 9.59 Å². The molecular weight excluding hydrogens is 204 g/mol. The summed E-state index contributed by atoms with van der Waals surface area (Å²) in [6, 6.07) is 9.15. The number of esters is 1. The molecule has 16 heavy (non-hydrogen) atoms. The summed E-state index contributed by atoms with van der Waals surface area (Å²) in [5, 5.41) is 0. The van der Waals surface area contributed by atoms with Crippen LogP contribution in [0.1, 0.15) is 23.7 Å². The Kier molecular flexibility index (Phi) is 3.04. The first-order valence-corrected chi connectivity index (χ1v) is 5.43. The zero-order valence-electron chi connectivity index (χ0n) is 9.18. The van der Waals surface area contributed by atoms with E-state index in [4.69, 9.17) is 4.74 Å². The predicted molar refractivity (Wildman–Crippen MR) is 59.0 cm³/mol. The third kappa shape index (κ3) is 2.13. The van der Waals surface area contributed by atoms with Crippen LogP contribution in [0.3, 0.4) is 0 Å². The van der Waals surface area contributed by atoms with Crippen LogP contribution >= 0.6 is 0 Å². The normalized spacial score (nSPS) is 24.2. The average Bonchev–Trinajstić information content (AvgIpc) is 2.62. The monoisotopic (exact) mass is 218 g/mol. The van der Waals surface area contributed by atoms with Crippen LogP contribution in [0.15, 0.2) is 30.3 Å². The van der Waals surface area contributed by atoms with Gasteiger partial charge in [0.25, 0.3) is 0 Å². The molecule has 1 heterocycles. The molecule has 0 aromatic heterocycles. The van der Waals surface area contributed by atoms with Crippen LogP contribution in [0, 0.1) is 11.8 Å². The number of hydrogen-bond acceptors (Lipinski definition) is 3. The fraction of sp³-hybridized carbons (Fsp3) is 0.385. The Hall–Kier alpha value is -1.64. The van der Waals surface area contributed by atoms with E-state index in [1.54, 1.807) is 12.1 Å². The Morgan fingerprint density at radius 3 is 2.62 bits per heavy atom. The summed E-state index contributed by atoms with van der Waals surface area (Å²) in [7, 11) is 0. The van der Waals surface area contributed by atoms with Gasteiger partial charge >= 0.3 is 5.97 Å². The second-order valence-corrected chi connectivity index (χ2v) is 4.17. The molecule has 3 nitrogen and oxygen atoms in total. The zero-order chi connectivity index (χ0) is 11.5. The van der Waals surface area contributed by atoms with E-state index in [9.17, 15) is 9.59 Å². The lowest BCUT2D eigenvalue weighted by molar-refractivity contribution is -0.140. The van der Waals surface area contributed by atoms with Gasteiger partial charge in [0.15, 0.2) is 5.78 Å². The van der Waals surface area contributed by atoms with Crippen molar-refractivity contribution in [1.29, 1.82) is 0 Å². The Morgan fingerprint density at radius 2 is 2.06 bits per heavy atom. The highest BCUT2D eigenvalue weighted by atomic mass is 16.5. The van der Waals surface area contributed by atoms with Gasteiger partial charge in [-0.1, -0.05) is 37.3 Å². The second kappa shape index (κ2) is 4.47. The van der Waals surface area contributed by atoms with E-state index in [1.807, 2.05) is 25.1 Å². The standard InChI is InChI=1S/C13H14O3/c1-9-11(8-16-13(9)15)7-12(14)10-5-3-2-4-6-10/h2-6,9,11H,7-8H2,1H3/t9-,11-/m1/s1. The quantitative estimate of drug-likeness (QED) is 0.576. The lowest BCUT2D eigenvalue weighted by Crippen LogP contribution is -2.16. The Labute approximate surface area is 94.4 Å². The lowest BCUT2D eigenvalue weighted by Gasteiger charge is -2.09. The molecule has 0 spiro atoms. The third-order valence-electron chi connectivity index (χ3n) is 3.06. The molecule has 2 atom stereocenters. The topological polar surface area (TPSA) is 43.4 Å². The lowest BCUT2D eigenvalue weighted by atomic mass is 9.90. The molecule has 1 aliphatic heterocycles. The highest BCUT2D eigenvalue weighted by molar-refractivity contribution is 5.96. The molecule has 1 aliphatic rings. The number of hydrogen-bond donors (Lipinski definition) is 0. The minimum absolute atomic E-state index is 0.0280. The molecule has 0 unspecified atom stereocenters. The molecule has 1 aromatic carbocycles. The molecule has 1 aromatic rings. The van der Waals surface area contributed by atoms with Crippen molar-refractivity contribution in [2.45, 2.75) is 13.3 Å². The fourth-order valence-corrected chi connectivity index (χ4v) is 1.87. The number of Topliss-reactive ketones (excluding diaryl/α,β-unsaturated/α-hetero) is 1. The van der Waals surface area contributed by atoms with E-state index in [0.717, 1.165) is 0 Å². The molecule has 1 saturated heterocycles. The van der Waals surface area contributed by atoms with Crippen molar-refractivity contribution in [3.05, 3.63) is 35.9 Å². The number of ether oxygens (including phenoxy) is 1. The molecule has 0 aliphatic carbocycles. The van der Waals surface area contributed by atoms with Crippen LogP contribution in [0.25, 0.3) is 0 Å². The van der Waals surface area contributed by atoms with Gasteiger partial charge in [-0.15, -0.1) is 0 Å². The number of carbonyl (C=O) groups excluding carboxylic acids is 2. The molecule has 3 heteroatoms. The molecule has 0 bridgehead atoms. The number of rotatable bonds is 3. The first-order chi connectivity index (χ1) is 7.68. The van der Waals surface area contributed by atoms with E-state index in [-0.39, 0.29) is 23.6 Å². The number of cyclic esters (lactones) is 1. The average molecular weight is 218 g/mol. The molecule has 0 saturated carbocycles. The summed E-state index contributed by atoms with van der Waals surface area (Å²) in [5.74, 6) is -0.241. The van der Waals surface area contributed by atoms with Crippen LogP contribution in [0.5, 0.6) is 0 Å². The zero-order valence-corrected chi connectivity index (χ0v) is 9.18. The summed E-state index contributed by atoms with van der Waals surface area (Å²) < 4.78 is 4.92. The van der Waals surface area contributed by atoms with Gasteiger partial charge in [-0.05, 0) is 0 Å².